The van der Waals surface area contributed by atoms with Crippen molar-refractivity contribution < 1.29 is 19.4 Å². The normalized spacial score (nSPS) is 16.8. The van der Waals surface area contributed by atoms with Gasteiger partial charge in [-0.3, -0.25) is 4.79 Å². The number of hydrogen-bond acceptors (Lipinski definition) is 3. The predicted molar refractivity (Wildman–Crippen MR) is 87.6 cm³/mol. The Morgan fingerprint density at radius 3 is 2.50 bits per heavy atom. The average molecular weight is 426 g/mol. The summed E-state index contributed by atoms with van der Waals surface area (Å²) in [7, 11) is 0. The molecule has 0 fully saturated rings. The van der Waals surface area contributed by atoms with E-state index in [4.69, 9.17) is 9.84 Å². The standard InChI is InChI=1S/C16H10Br2O4/c17-10-5-11-13(19)7-14(22-15(11)12(18)6-10)8-1-3-9(4-2-8)16(20)21/h1-6,14H,7H2,(H,20,21)/t14-/m1/s1. The van der Waals surface area contributed by atoms with E-state index in [0.717, 1.165) is 10.0 Å². The molecule has 1 heterocycles. The van der Waals surface area contributed by atoms with E-state index in [1.807, 2.05) is 6.07 Å². The second-order valence-electron chi connectivity index (χ2n) is 4.93. The number of ether oxygens (including phenoxy) is 1. The molecule has 0 saturated heterocycles. The van der Waals surface area contributed by atoms with Gasteiger partial charge >= 0.3 is 5.97 Å². The average Bonchev–Trinajstić information content (AvgIpc) is 2.48. The maximum absolute atomic E-state index is 12.3. The summed E-state index contributed by atoms with van der Waals surface area (Å²) in [4.78, 5) is 23.2. The fourth-order valence-corrected chi connectivity index (χ4v) is 3.69. The van der Waals surface area contributed by atoms with Crippen molar-refractivity contribution in [3.05, 3.63) is 62.0 Å². The number of rotatable bonds is 2. The van der Waals surface area contributed by atoms with Crippen LogP contribution in [-0.2, 0) is 0 Å². The number of carbonyl (C=O) groups excluding carboxylic acids is 1. The van der Waals surface area contributed by atoms with Crippen LogP contribution in [0.3, 0.4) is 0 Å². The van der Waals surface area contributed by atoms with Crippen LogP contribution in [0.5, 0.6) is 5.75 Å². The molecule has 2 aromatic rings. The third kappa shape index (κ3) is 2.80. The molecule has 0 bridgehead atoms. The molecule has 3 rings (SSSR count). The zero-order valence-corrected chi connectivity index (χ0v) is 14.3. The lowest BCUT2D eigenvalue weighted by Gasteiger charge is -2.26. The Morgan fingerprint density at radius 2 is 1.86 bits per heavy atom. The van der Waals surface area contributed by atoms with E-state index in [0.29, 0.717) is 15.8 Å². The van der Waals surface area contributed by atoms with Gasteiger partial charge in [0.25, 0.3) is 0 Å². The molecule has 2 aromatic carbocycles. The third-order valence-electron chi connectivity index (χ3n) is 3.47. The summed E-state index contributed by atoms with van der Waals surface area (Å²) in [5, 5.41) is 8.92. The van der Waals surface area contributed by atoms with Crippen LogP contribution in [-0.4, -0.2) is 16.9 Å². The first-order valence-corrected chi connectivity index (χ1v) is 8.06. The monoisotopic (exact) mass is 424 g/mol. The zero-order chi connectivity index (χ0) is 15.9. The SMILES string of the molecule is O=C(O)c1ccc([C@H]2CC(=O)c3cc(Br)cc(Br)c3O2)cc1. The quantitative estimate of drug-likeness (QED) is 0.762. The summed E-state index contributed by atoms with van der Waals surface area (Å²) in [5.41, 5.74) is 1.52. The van der Waals surface area contributed by atoms with Gasteiger partial charge in [0, 0.05) is 4.47 Å². The number of carboxylic acids is 1. The van der Waals surface area contributed by atoms with Gasteiger partial charge in [-0.2, -0.15) is 0 Å². The molecule has 0 aliphatic carbocycles. The lowest BCUT2D eigenvalue weighted by Crippen LogP contribution is -2.20. The number of fused-ring (bicyclic) bond motifs is 1. The molecule has 0 unspecified atom stereocenters. The number of carboxylic acid groups (broad SMARTS) is 1. The molecule has 22 heavy (non-hydrogen) atoms. The van der Waals surface area contributed by atoms with Crippen LogP contribution < -0.4 is 4.74 Å². The Hall–Kier alpha value is -1.66. The van der Waals surface area contributed by atoms with Crippen LogP contribution in [0, 0.1) is 0 Å². The van der Waals surface area contributed by atoms with Gasteiger partial charge in [0.2, 0.25) is 0 Å². The van der Waals surface area contributed by atoms with Crippen molar-refractivity contribution in [1.29, 1.82) is 0 Å². The minimum atomic E-state index is -0.981. The van der Waals surface area contributed by atoms with Gasteiger partial charge in [-0.05, 0) is 45.8 Å². The molecule has 4 nitrogen and oxygen atoms in total. The van der Waals surface area contributed by atoms with E-state index < -0.39 is 12.1 Å². The molecule has 0 amide bonds. The summed E-state index contributed by atoms with van der Waals surface area (Å²) < 4.78 is 7.45. The van der Waals surface area contributed by atoms with Gasteiger partial charge in [0.1, 0.15) is 11.9 Å². The molecule has 0 aromatic heterocycles. The lowest BCUT2D eigenvalue weighted by atomic mass is 9.96. The highest BCUT2D eigenvalue weighted by molar-refractivity contribution is 9.11. The highest BCUT2D eigenvalue weighted by atomic mass is 79.9. The minimum absolute atomic E-state index is 0.00411. The Morgan fingerprint density at radius 1 is 1.18 bits per heavy atom. The number of Topliss-reactive ketones (excluding diaryl/α,β-unsaturated/α-hetero) is 1. The summed E-state index contributed by atoms with van der Waals surface area (Å²) in [6, 6.07) is 9.95. The maximum Gasteiger partial charge on any atom is 0.335 e. The first-order chi connectivity index (χ1) is 10.5. The third-order valence-corrected chi connectivity index (χ3v) is 4.52. The molecular weight excluding hydrogens is 416 g/mol. The van der Waals surface area contributed by atoms with E-state index in [1.54, 1.807) is 18.2 Å². The molecule has 1 aliphatic heterocycles. The second-order valence-corrected chi connectivity index (χ2v) is 6.70. The van der Waals surface area contributed by atoms with Gasteiger partial charge in [0.05, 0.1) is 22.0 Å². The van der Waals surface area contributed by atoms with Gasteiger partial charge in [0.15, 0.2) is 5.78 Å². The Bertz CT molecular complexity index is 768. The maximum atomic E-state index is 12.3. The summed E-state index contributed by atoms with van der Waals surface area (Å²) in [5.74, 6) is -0.465. The van der Waals surface area contributed by atoms with Crippen LogP contribution in [0.1, 0.15) is 38.8 Å². The Kier molecular flexibility index (Phi) is 4.06. The van der Waals surface area contributed by atoms with E-state index >= 15 is 0 Å². The van der Waals surface area contributed by atoms with Crippen molar-refractivity contribution in [3.63, 3.8) is 0 Å². The minimum Gasteiger partial charge on any atom is -0.483 e. The van der Waals surface area contributed by atoms with Crippen molar-refractivity contribution in [3.8, 4) is 5.75 Å². The molecule has 112 valence electrons. The molecule has 1 aliphatic rings. The Balaban J connectivity index is 1.95. The van der Waals surface area contributed by atoms with Crippen molar-refractivity contribution in [2.45, 2.75) is 12.5 Å². The van der Waals surface area contributed by atoms with Crippen LogP contribution in [0.2, 0.25) is 0 Å². The largest absolute Gasteiger partial charge is 0.483 e. The molecule has 0 saturated carbocycles. The summed E-state index contributed by atoms with van der Waals surface area (Å²) in [6.07, 6.45) is -0.192. The lowest BCUT2D eigenvalue weighted by molar-refractivity contribution is 0.0695. The van der Waals surface area contributed by atoms with Gasteiger partial charge in [-0.25, -0.2) is 4.79 Å². The Labute approximate surface area is 143 Å². The van der Waals surface area contributed by atoms with Crippen LogP contribution >= 0.6 is 31.9 Å². The van der Waals surface area contributed by atoms with Crippen molar-refractivity contribution in [2.75, 3.05) is 0 Å². The van der Waals surface area contributed by atoms with Crippen molar-refractivity contribution in [2.24, 2.45) is 0 Å². The summed E-state index contributed by atoms with van der Waals surface area (Å²) >= 11 is 6.76. The second kappa shape index (κ2) is 5.85. The summed E-state index contributed by atoms with van der Waals surface area (Å²) in [6.45, 7) is 0. The van der Waals surface area contributed by atoms with Crippen molar-refractivity contribution >= 4 is 43.6 Å². The van der Waals surface area contributed by atoms with Gasteiger partial charge < -0.3 is 9.84 Å². The van der Waals surface area contributed by atoms with Gasteiger partial charge in [-0.15, -0.1) is 0 Å². The number of halogens is 2. The first-order valence-electron chi connectivity index (χ1n) is 6.48. The number of carbonyl (C=O) groups is 2. The van der Waals surface area contributed by atoms with Crippen LogP contribution in [0.15, 0.2) is 45.3 Å². The molecule has 0 radical (unpaired) electrons. The fourth-order valence-electron chi connectivity index (χ4n) is 2.38. The van der Waals surface area contributed by atoms with E-state index in [1.165, 1.54) is 12.1 Å². The van der Waals surface area contributed by atoms with Gasteiger partial charge in [-0.1, -0.05) is 28.1 Å². The molecule has 6 heteroatoms. The highest BCUT2D eigenvalue weighted by Gasteiger charge is 2.29. The smallest absolute Gasteiger partial charge is 0.335 e. The first kappa shape index (κ1) is 15.2. The predicted octanol–water partition coefficient (Wildman–Crippen LogP) is 4.62. The topological polar surface area (TPSA) is 63.6 Å². The number of ketones is 1. The van der Waals surface area contributed by atoms with E-state index in [-0.39, 0.29) is 17.8 Å². The zero-order valence-electron chi connectivity index (χ0n) is 11.2. The highest BCUT2D eigenvalue weighted by Crippen LogP contribution is 2.41. The fraction of sp³-hybridized carbons (Fsp3) is 0.125. The number of aromatic carboxylic acids is 1. The molecule has 1 atom stereocenters. The molecule has 0 spiro atoms. The van der Waals surface area contributed by atoms with E-state index in [2.05, 4.69) is 31.9 Å². The number of hydrogen-bond donors (Lipinski definition) is 1. The molecular formula is C16H10Br2O4. The van der Waals surface area contributed by atoms with Crippen LogP contribution in [0.4, 0.5) is 0 Å². The van der Waals surface area contributed by atoms with Crippen molar-refractivity contribution in [1.82, 2.24) is 0 Å². The van der Waals surface area contributed by atoms with Crippen LogP contribution in [0.25, 0.3) is 0 Å². The molecule has 1 N–H and O–H groups in total. The number of benzene rings is 2. The van der Waals surface area contributed by atoms with E-state index in [9.17, 15) is 9.59 Å².